The summed E-state index contributed by atoms with van der Waals surface area (Å²) in [5, 5.41) is 9.83. The van der Waals surface area contributed by atoms with Gasteiger partial charge in [0.2, 0.25) is 0 Å². The van der Waals surface area contributed by atoms with Crippen molar-refractivity contribution in [1.29, 1.82) is 0 Å². The molecule has 1 aromatic carbocycles. The van der Waals surface area contributed by atoms with Gasteiger partial charge >= 0.3 is 6.09 Å². The highest BCUT2D eigenvalue weighted by atomic mass is 35.5. The maximum atomic E-state index is 12.9. The van der Waals surface area contributed by atoms with Gasteiger partial charge in [-0.1, -0.05) is 11.6 Å². The van der Waals surface area contributed by atoms with E-state index >= 15 is 0 Å². The summed E-state index contributed by atoms with van der Waals surface area (Å²) in [7, 11) is 0. The van der Waals surface area contributed by atoms with Crippen LogP contribution in [-0.4, -0.2) is 52.2 Å². The highest BCUT2D eigenvalue weighted by Crippen LogP contribution is 2.28. The van der Waals surface area contributed by atoms with Crippen molar-refractivity contribution in [3.8, 4) is 5.75 Å². The highest BCUT2D eigenvalue weighted by molar-refractivity contribution is 6.31. The SMILES string of the molecule is CC1CCC(C)N1C(=O)c1cc(Cl)cc(OCCN(C(=O)O)c2ccncc2)c1. The molecule has 7 nitrogen and oxygen atoms in total. The molecule has 1 aromatic heterocycles. The third-order valence-corrected chi connectivity index (χ3v) is 5.31. The number of aromatic nitrogens is 1. The Morgan fingerprint density at radius 3 is 2.48 bits per heavy atom. The van der Waals surface area contributed by atoms with E-state index in [1.807, 2.05) is 18.7 Å². The van der Waals surface area contributed by atoms with E-state index in [0.29, 0.717) is 22.0 Å². The van der Waals surface area contributed by atoms with Gasteiger partial charge in [0.25, 0.3) is 5.91 Å². The second-order valence-electron chi connectivity index (χ2n) is 7.15. The molecule has 8 heteroatoms. The van der Waals surface area contributed by atoms with Crippen LogP contribution in [0.5, 0.6) is 5.75 Å². The molecule has 1 fully saturated rings. The van der Waals surface area contributed by atoms with E-state index in [1.165, 1.54) is 17.3 Å². The van der Waals surface area contributed by atoms with Gasteiger partial charge in [-0.05, 0) is 57.0 Å². The first-order valence-corrected chi connectivity index (χ1v) is 9.91. The first-order valence-electron chi connectivity index (χ1n) is 9.53. The molecule has 1 aliphatic heterocycles. The molecule has 2 heterocycles. The van der Waals surface area contributed by atoms with Crippen LogP contribution >= 0.6 is 11.6 Å². The van der Waals surface area contributed by atoms with E-state index in [-0.39, 0.29) is 31.1 Å². The van der Waals surface area contributed by atoms with Gasteiger partial charge in [0.05, 0.1) is 12.2 Å². The van der Waals surface area contributed by atoms with Crippen molar-refractivity contribution in [2.45, 2.75) is 38.8 Å². The molecule has 0 radical (unpaired) electrons. The number of rotatable bonds is 6. The Kier molecular flexibility index (Phi) is 6.59. The number of benzene rings is 1. The molecule has 0 aliphatic carbocycles. The van der Waals surface area contributed by atoms with Crippen LogP contribution in [0, 0.1) is 0 Å². The number of likely N-dealkylation sites (tertiary alicyclic amines) is 1. The van der Waals surface area contributed by atoms with Crippen LogP contribution in [0.15, 0.2) is 42.7 Å². The van der Waals surface area contributed by atoms with Crippen molar-refractivity contribution in [3.63, 3.8) is 0 Å². The number of pyridine rings is 1. The van der Waals surface area contributed by atoms with Crippen molar-refractivity contribution in [2.24, 2.45) is 0 Å². The summed E-state index contributed by atoms with van der Waals surface area (Å²) in [4.78, 5) is 31.4. The van der Waals surface area contributed by atoms with Crippen LogP contribution in [0.4, 0.5) is 10.5 Å². The van der Waals surface area contributed by atoms with Crippen molar-refractivity contribution >= 4 is 29.3 Å². The predicted octanol–water partition coefficient (Wildman–Crippen LogP) is 4.31. The maximum absolute atomic E-state index is 12.9. The van der Waals surface area contributed by atoms with E-state index in [4.69, 9.17) is 16.3 Å². The standard InChI is InChI=1S/C21H24ClN3O4/c1-14-3-4-15(2)25(14)20(26)16-11-17(22)13-19(12-16)29-10-9-24(21(27)28)18-5-7-23-8-6-18/h5-8,11-15H,3-4,9-10H2,1-2H3,(H,27,28). The molecule has 3 rings (SSSR count). The molecule has 154 valence electrons. The summed E-state index contributed by atoms with van der Waals surface area (Å²) >= 11 is 6.20. The number of ether oxygens (including phenoxy) is 1. The average Bonchev–Trinajstić information content (AvgIpc) is 3.03. The third-order valence-electron chi connectivity index (χ3n) is 5.09. The van der Waals surface area contributed by atoms with E-state index < -0.39 is 6.09 Å². The number of nitrogens with zero attached hydrogens (tertiary/aromatic N) is 3. The van der Waals surface area contributed by atoms with Crippen molar-refractivity contribution < 1.29 is 19.4 Å². The molecule has 1 N–H and O–H groups in total. The van der Waals surface area contributed by atoms with E-state index in [9.17, 15) is 14.7 Å². The quantitative estimate of drug-likeness (QED) is 0.757. The largest absolute Gasteiger partial charge is 0.492 e. The van der Waals surface area contributed by atoms with Crippen LogP contribution in [0.1, 0.15) is 37.0 Å². The van der Waals surface area contributed by atoms with Gasteiger partial charge in [-0.15, -0.1) is 0 Å². The lowest BCUT2D eigenvalue weighted by Gasteiger charge is -2.26. The van der Waals surface area contributed by atoms with E-state index in [1.54, 1.807) is 30.3 Å². The van der Waals surface area contributed by atoms with Gasteiger partial charge in [0.1, 0.15) is 12.4 Å². The van der Waals surface area contributed by atoms with Gasteiger partial charge in [-0.3, -0.25) is 14.7 Å². The summed E-state index contributed by atoms with van der Waals surface area (Å²) < 4.78 is 5.72. The lowest BCUT2D eigenvalue weighted by molar-refractivity contribution is 0.0692. The number of anilines is 1. The fourth-order valence-electron chi connectivity index (χ4n) is 3.63. The zero-order valence-corrected chi connectivity index (χ0v) is 17.2. The van der Waals surface area contributed by atoms with Gasteiger partial charge in [-0.2, -0.15) is 0 Å². The Bertz CT molecular complexity index is 867. The Morgan fingerprint density at radius 2 is 1.86 bits per heavy atom. The lowest BCUT2D eigenvalue weighted by Crippen LogP contribution is -2.38. The first kappa shape index (κ1) is 20.9. The summed E-state index contributed by atoms with van der Waals surface area (Å²) in [6, 6.07) is 8.51. The molecule has 0 saturated carbocycles. The molecule has 1 saturated heterocycles. The number of carbonyl (C=O) groups excluding carboxylic acids is 1. The van der Waals surface area contributed by atoms with Crippen LogP contribution in [-0.2, 0) is 0 Å². The minimum Gasteiger partial charge on any atom is -0.492 e. The van der Waals surface area contributed by atoms with Crippen LogP contribution in [0.3, 0.4) is 0 Å². The summed E-state index contributed by atoms with van der Waals surface area (Å²) in [5.41, 5.74) is 0.979. The zero-order chi connectivity index (χ0) is 21.0. The molecule has 0 bridgehead atoms. The fraction of sp³-hybridized carbons (Fsp3) is 0.381. The number of carboxylic acid groups (broad SMARTS) is 1. The number of halogens is 1. The number of amides is 2. The van der Waals surface area contributed by atoms with E-state index in [0.717, 1.165) is 12.8 Å². The van der Waals surface area contributed by atoms with Crippen LogP contribution in [0.2, 0.25) is 5.02 Å². The van der Waals surface area contributed by atoms with Crippen molar-refractivity contribution in [2.75, 3.05) is 18.1 Å². The van der Waals surface area contributed by atoms with E-state index in [2.05, 4.69) is 4.98 Å². The van der Waals surface area contributed by atoms with Crippen molar-refractivity contribution in [1.82, 2.24) is 9.88 Å². The molecular weight excluding hydrogens is 394 g/mol. The van der Waals surface area contributed by atoms with Crippen LogP contribution in [0.25, 0.3) is 0 Å². The minimum atomic E-state index is -1.08. The summed E-state index contributed by atoms with van der Waals surface area (Å²) in [6.45, 7) is 4.32. The average molecular weight is 418 g/mol. The molecule has 29 heavy (non-hydrogen) atoms. The highest BCUT2D eigenvalue weighted by Gasteiger charge is 2.32. The van der Waals surface area contributed by atoms with Gasteiger partial charge < -0.3 is 14.7 Å². The fourth-order valence-corrected chi connectivity index (χ4v) is 3.85. The van der Waals surface area contributed by atoms with Crippen LogP contribution < -0.4 is 9.64 Å². The predicted molar refractivity (Wildman–Crippen MR) is 111 cm³/mol. The normalized spacial score (nSPS) is 18.5. The third kappa shape index (κ3) is 4.98. The topological polar surface area (TPSA) is 83.0 Å². The Balaban J connectivity index is 1.68. The molecule has 2 atom stereocenters. The monoisotopic (exact) mass is 417 g/mol. The molecule has 2 unspecified atom stereocenters. The Morgan fingerprint density at radius 1 is 1.21 bits per heavy atom. The smallest absolute Gasteiger partial charge is 0.411 e. The second-order valence-corrected chi connectivity index (χ2v) is 7.59. The molecule has 2 amide bonds. The second kappa shape index (κ2) is 9.13. The minimum absolute atomic E-state index is 0.0706. The molecular formula is C21H24ClN3O4. The summed E-state index contributed by atoms with van der Waals surface area (Å²) in [5.74, 6) is 0.360. The van der Waals surface area contributed by atoms with Crippen molar-refractivity contribution in [3.05, 3.63) is 53.3 Å². The molecule has 0 spiro atoms. The van der Waals surface area contributed by atoms with Gasteiger partial charge in [0.15, 0.2) is 0 Å². The summed E-state index contributed by atoms with van der Waals surface area (Å²) in [6.07, 6.45) is 3.94. The number of carbonyl (C=O) groups is 2. The Labute approximate surface area is 174 Å². The molecule has 1 aliphatic rings. The first-order chi connectivity index (χ1) is 13.9. The van der Waals surface area contributed by atoms with Gasteiger partial charge in [0, 0.05) is 35.1 Å². The zero-order valence-electron chi connectivity index (χ0n) is 16.4. The maximum Gasteiger partial charge on any atom is 0.411 e. The van der Waals surface area contributed by atoms with Gasteiger partial charge in [-0.25, -0.2) is 4.79 Å². The molecule has 2 aromatic rings. The lowest BCUT2D eigenvalue weighted by atomic mass is 10.1. The number of hydrogen-bond acceptors (Lipinski definition) is 4. The Hall–Kier alpha value is -2.80. The number of hydrogen-bond donors (Lipinski definition) is 1.